The number of likely N-dealkylation sites (N-methyl/N-ethyl adjacent to an activating group) is 1. The molecule has 1 aliphatic carbocycles. The van der Waals surface area contributed by atoms with Crippen LogP contribution in [0.5, 0.6) is 0 Å². The Morgan fingerprint density at radius 2 is 2.17 bits per heavy atom. The van der Waals surface area contributed by atoms with Gasteiger partial charge in [0.25, 0.3) is 0 Å². The molecule has 0 N–H and O–H groups in total. The zero-order chi connectivity index (χ0) is 12.7. The SMILES string of the molecule is CN(C)C1CCc2ccc3c(ccn3C=O)c2C1. The number of benzene rings is 1. The third kappa shape index (κ3) is 1.66. The normalized spacial score (nSPS) is 19.2. The molecule has 3 heteroatoms. The van der Waals surface area contributed by atoms with Crippen molar-refractivity contribution in [2.75, 3.05) is 14.1 Å². The zero-order valence-corrected chi connectivity index (χ0v) is 10.9. The van der Waals surface area contributed by atoms with E-state index in [4.69, 9.17) is 0 Å². The van der Waals surface area contributed by atoms with E-state index in [1.54, 1.807) is 4.57 Å². The number of nitrogens with zero attached hydrogens (tertiary/aromatic N) is 2. The Hall–Kier alpha value is -1.61. The van der Waals surface area contributed by atoms with Crippen LogP contribution in [0.25, 0.3) is 10.9 Å². The van der Waals surface area contributed by atoms with Gasteiger partial charge in [0.2, 0.25) is 6.41 Å². The summed E-state index contributed by atoms with van der Waals surface area (Å²) in [4.78, 5) is 13.3. The van der Waals surface area contributed by atoms with Gasteiger partial charge >= 0.3 is 0 Å². The first kappa shape index (κ1) is 11.5. The molecule has 0 saturated carbocycles. The van der Waals surface area contributed by atoms with Crippen LogP contribution in [0, 0.1) is 0 Å². The van der Waals surface area contributed by atoms with Gasteiger partial charge in [-0.15, -0.1) is 0 Å². The van der Waals surface area contributed by atoms with Crippen molar-refractivity contribution in [2.45, 2.75) is 25.3 Å². The summed E-state index contributed by atoms with van der Waals surface area (Å²) in [6.07, 6.45) is 6.18. The molecule has 0 amide bonds. The Morgan fingerprint density at radius 3 is 2.89 bits per heavy atom. The third-order valence-electron chi connectivity index (χ3n) is 4.14. The van der Waals surface area contributed by atoms with Crippen molar-refractivity contribution in [3.05, 3.63) is 35.5 Å². The molecule has 0 saturated heterocycles. The molecule has 1 aliphatic rings. The first-order valence-electron chi connectivity index (χ1n) is 6.43. The first-order chi connectivity index (χ1) is 8.70. The number of carbonyl (C=O) groups excluding carboxylic acids is 1. The van der Waals surface area contributed by atoms with Gasteiger partial charge in [-0.3, -0.25) is 9.36 Å². The van der Waals surface area contributed by atoms with Crippen LogP contribution < -0.4 is 0 Å². The summed E-state index contributed by atoms with van der Waals surface area (Å²) in [5, 5.41) is 1.24. The molecule has 1 unspecified atom stereocenters. The van der Waals surface area contributed by atoms with Crippen LogP contribution in [0.2, 0.25) is 0 Å². The van der Waals surface area contributed by atoms with Gasteiger partial charge in [-0.25, -0.2) is 0 Å². The van der Waals surface area contributed by atoms with Crippen LogP contribution in [-0.2, 0) is 17.6 Å². The highest BCUT2D eigenvalue weighted by molar-refractivity contribution is 5.89. The lowest BCUT2D eigenvalue weighted by molar-refractivity contribution is 0.269. The van der Waals surface area contributed by atoms with Gasteiger partial charge in [-0.2, -0.15) is 0 Å². The molecular weight excluding hydrogens is 224 g/mol. The number of rotatable bonds is 2. The van der Waals surface area contributed by atoms with Crippen molar-refractivity contribution in [1.29, 1.82) is 0 Å². The maximum Gasteiger partial charge on any atom is 0.218 e. The Balaban J connectivity index is 2.13. The average Bonchev–Trinajstić information content (AvgIpc) is 2.81. The Bertz CT molecular complexity index is 598. The van der Waals surface area contributed by atoms with Gasteiger partial charge in [-0.05, 0) is 56.6 Å². The lowest BCUT2D eigenvalue weighted by atomic mass is 9.86. The lowest BCUT2D eigenvalue weighted by Gasteiger charge is -2.30. The van der Waals surface area contributed by atoms with E-state index in [0.29, 0.717) is 6.04 Å². The highest BCUT2D eigenvalue weighted by atomic mass is 16.1. The predicted molar refractivity (Wildman–Crippen MR) is 73.6 cm³/mol. The van der Waals surface area contributed by atoms with Gasteiger partial charge < -0.3 is 4.90 Å². The van der Waals surface area contributed by atoms with Crippen LogP contribution in [0.1, 0.15) is 17.5 Å². The Morgan fingerprint density at radius 1 is 1.33 bits per heavy atom. The number of aryl methyl sites for hydroxylation is 1. The molecule has 3 rings (SSSR count). The van der Waals surface area contributed by atoms with Crippen molar-refractivity contribution >= 4 is 17.3 Å². The monoisotopic (exact) mass is 242 g/mol. The van der Waals surface area contributed by atoms with Gasteiger partial charge in [-0.1, -0.05) is 6.07 Å². The van der Waals surface area contributed by atoms with Crippen LogP contribution in [0.4, 0.5) is 0 Å². The van der Waals surface area contributed by atoms with E-state index in [1.807, 2.05) is 6.20 Å². The fraction of sp³-hybridized carbons (Fsp3) is 0.400. The molecule has 3 nitrogen and oxygen atoms in total. The summed E-state index contributed by atoms with van der Waals surface area (Å²) in [6, 6.07) is 6.94. The molecule has 1 atom stereocenters. The number of aromatic nitrogens is 1. The van der Waals surface area contributed by atoms with Crippen molar-refractivity contribution in [3.8, 4) is 0 Å². The third-order valence-corrected chi connectivity index (χ3v) is 4.14. The van der Waals surface area contributed by atoms with Gasteiger partial charge in [0.15, 0.2) is 0 Å². The van der Waals surface area contributed by atoms with Crippen LogP contribution in [0.3, 0.4) is 0 Å². The van der Waals surface area contributed by atoms with Crippen molar-refractivity contribution in [3.63, 3.8) is 0 Å². The largest absolute Gasteiger partial charge is 0.306 e. The number of hydrogen-bond acceptors (Lipinski definition) is 2. The standard InChI is InChI=1S/C15H18N2O/c1-16(2)12-5-3-11-4-6-15-13(14(11)9-12)7-8-17(15)10-18/h4,6-8,10,12H,3,5,9H2,1-2H3. The van der Waals surface area contributed by atoms with E-state index in [1.165, 1.54) is 22.9 Å². The molecule has 2 aromatic rings. The second-order valence-corrected chi connectivity index (χ2v) is 5.32. The summed E-state index contributed by atoms with van der Waals surface area (Å²) in [6.45, 7) is 0. The predicted octanol–water partition coefficient (Wildman–Crippen LogP) is 2.10. The van der Waals surface area contributed by atoms with Gasteiger partial charge in [0.05, 0.1) is 5.52 Å². The first-order valence-corrected chi connectivity index (χ1v) is 6.43. The summed E-state index contributed by atoms with van der Waals surface area (Å²) < 4.78 is 1.66. The smallest absolute Gasteiger partial charge is 0.218 e. The second kappa shape index (κ2) is 4.25. The quantitative estimate of drug-likeness (QED) is 0.753. The number of fused-ring (bicyclic) bond motifs is 3. The van der Waals surface area contributed by atoms with Gasteiger partial charge in [0, 0.05) is 17.6 Å². The second-order valence-electron chi connectivity index (χ2n) is 5.32. The van der Waals surface area contributed by atoms with Crippen molar-refractivity contribution in [1.82, 2.24) is 9.47 Å². The topological polar surface area (TPSA) is 25.2 Å². The van der Waals surface area contributed by atoms with E-state index < -0.39 is 0 Å². The molecule has 0 spiro atoms. The van der Waals surface area contributed by atoms with Crippen LogP contribution in [0.15, 0.2) is 24.4 Å². The minimum Gasteiger partial charge on any atom is -0.306 e. The Labute approximate surface area is 107 Å². The summed E-state index contributed by atoms with van der Waals surface area (Å²) in [5.41, 5.74) is 3.91. The molecule has 18 heavy (non-hydrogen) atoms. The van der Waals surface area contributed by atoms with Crippen molar-refractivity contribution < 1.29 is 4.79 Å². The van der Waals surface area contributed by atoms with Gasteiger partial charge in [0.1, 0.15) is 0 Å². The van der Waals surface area contributed by atoms with Crippen molar-refractivity contribution in [2.24, 2.45) is 0 Å². The number of hydrogen-bond donors (Lipinski definition) is 0. The fourth-order valence-electron chi connectivity index (χ4n) is 3.01. The molecule has 0 aliphatic heterocycles. The summed E-state index contributed by atoms with van der Waals surface area (Å²) in [7, 11) is 4.29. The molecular formula is C15H18N2O. The molecule has 1 heterocycles. The Kier molecular flexibility index (Phi) is 2.71. The minimum atomic E-state index is 0.614. The number of carbonyl (C=O) groups is 1. The average molecular weight is 242 g/mol. The highest BCUT2D eigenvalue weighted by Crippen LogP contribution is 2.30. The molecule has 1 aromatic carbocycles. The van der Waals surface area contributed by atoms with Crippen LogP contribution >= 0.6 is 0 Å². The lowest BCUT2D eigenvalue weighted by Crippen LogP contribution is -2.33. The molecule has 0 radical (unpaired) electrons. The van der Waals surface area contributed by atoms with E-state index in [-0.39, 0.29) is 0 Å². The zero-order valence-electron chi connectivity index (χ0n) is 10.9. The van der Waals surface area contributed by atoms with E-state index in [0.717, 1.165) is 24.8 Å². The molecule has 0 fully saturated rings. The maximum absolute atomic E-state index is 11.0. The fourth-order valence-corrected chi connectivity index (χ4v) is 3.01. The maximum atomic E-state index is 11.0. The molecule has 0 bridgehead atoms. The summed E-state index contributed by atoms with van der Waals surface area (Å²) in [5.74, 6) is 0. The van der Waals surface area contributed by atoms with Crippen LogP contribution in [-0.4, -0.2) is 36.0 Å². The van der Waals surface area contributed by atoms with E-state index in [2.05, 4.69) is 37.2 Å². The van der Waals surface area contributed by atoms with E-state index >= 15 is 0 Å². The minimum absolute atomic E-state index is 0.614. The molecule has 1 aromatic heterocycles. The highest BCUT2D eigenvalue weighted by Gasteiger charge is 2.22. The summed E-state index contributed by atoms with van der Waals surface area (Å²) >= 11 is 0. The van der Waals surface area contributed by atoms with E-state index in [9.17, 15) is 4.79 Å². The molecule has 94 valence electrons.